The minimum atomic E-state index is 0.216. The second kappa shape index (κ2) is 6.76. The van der Waals surface area contributed by atoms with Crippen molar-refractivity contribution < 1.29 is 4.74 Å². The topological polar surface area (TPSA) is 12.5 Å². The van der Waals surface area contributed by atoms with Crippen LogP contribution in [0.2, 0.25) is 0 Å². The maximum Gasteiger partial charge on any atom is 0.119 e. The van der Waals surface area contributed by atoms with Crippen LogP contribution in [0.1, 0.15) is 37.5 Å². The maximum atomic E-state index is 5.83. The molecule has 1 aliphatic rings. The Labute approximate surface area is 140 Å². The smallest absolute Gasteiger partial charge is 0.119 e. The second-order valence-electron chi connectivity index (χ2n) is 7.42. The standard InChI is InChI=1S/C21H27NO/c1-21(2,3)19-10-9-17-11-12-22(16-18(17)15-19)13-14-23-20-7-5-4-6-8-20/h4-10,15H,11-14,16H2,1-3H3. The van der Waals surface area contributed by atoms with Crippen molar-refractivity contribution in [3.05, 3.63) is 65.2 Å². The SMILES string of the molecule is CC(C)(C)c1ccc2c(c1)CN(CCOc1ccccc1)CC2. The summed E-state index contributed by atoms with van der Waals surface area (Å²) < 4.78 is 5.83. The summed E-state index contributed by atoms with van der Waals surface area (Å²) in [7, 11) is 0. The first-order chi connectivity index (χ1) is 11.0. The predicted molar refractivity (Wildman–Crippen MR) is 96.1 cm³/mol. The van der Waals surface area contributed by atoms with Gasteiger partial charge in [0.05, 0.1) is 0 Å². The van der Waals surface area contributed by atoms with Crippen LogP contribution in [0.5, 0.6) is 5.75 Å². The van der Waals surface area contributed by atoms with E-state index in [0.29, 0.717) is 0 Å². The van der Waals surface area contributed by atoms with Crippen LogP contribution in [-0.4, -0.2) is 24.6 Å². The second-order valence-corrected chi connectivity index (χ2v) is 7.42. The quantitative estimate of drug-likeness (QED) is 0.829. The molecule has 2 heteroatoms. The van der Waals surface area contributed by atoms with Crippen LogP contribution in [0.3, 0.4) is 0 Å². The lowest BCUT2D eigenvalue weighted by Crippen LogP contribution is -2.34. The van der Waals surface area contributed by atoms with Gasteiger partial charge in [0.1, 0.15) is 12.4 Å². The van der Waals surface area contributed by atoms with Gasteiger partial charge in [-0.25, -0.2) is 0 Å². The molecule has 3 rings (SSSR count). The molecule has 0 aliphatic carbocycles. The van der Waals surface area contributed by atoms with E-state index in [0.717, 1.165) is 38.4 Å². The Bertz CT molecular complexity index is 643. The Morgan fingerprint density at radius 3 is 2.52 bits per heavy atom. The van der Waals surface area contributed by atoms with Gasteiger partial charge in [-0.2, -0.15) is 0 Å². The lowest BCUT2D eigenvalue weighted by molar-refractivity contribution is 0.196. The summed E-state index contributed by atoms with van der Waals surface area (Å²) in [5.74, 6) is 0.958. The predicted octanol–water partition coefficient (Wildman–Crippen LogP) is 4.42. The minimum Gasteiger partial charge on any atom is -0.492 e. The van der Waals surface area contributed by atoms with Gasteiger partial charge in [-0.1, -0.05) is 57.2 Å². The highest BCUT2D eigenvalue weighted by Gasteiger charge is 2.20. The van der Waals surface area contributed by atoms with E-state index in [-0.39, 0.29) is 5.41 Å². The van der Waals surface area contributed by atoms with Crippen molar-refractivity contribution in [1.82, 2.24) is 4.90 Å². The first kappa shape index (κ1) is 16.1. The summed E-state index contributed by atoms with van der Waals surface area (Å²) in [6.45, 7) is 10.7. The van der Waals surface area contributed by atoms with Crippen molar-refractivity contribution in [2.45, 2.75) is 39.2 Å². The zero-order valence-corrected chi connectivity index (χ0v) is 14.5. The number of fused-ring (bicyclic) bond motifs is 1. The lowest BCUT2D eigenvalue weighted by atomic mass is 9.84. The molecule has 0 spiro atoms. The van der Waals surface area contributed by atoms with Gasteiger partial charge in [0.25, 0.3) is 0 Å². The van der Waals surface area contributed by atoms with E-state index in [1.165, 1.54) is 16.7 Å². The van der Waals surface area contributed by atoms with Gasteiger partial charge in [0.2, 0.25) is 0 Å². The Morgan fingerprint density at radius 1 is 1.00 bits per heavy atom. The van der Waals surface area contributed by atoms with Crippen LogP contribution >= 0.6 is 0 Å². The summed E-state index contributed by atoms with van der Waals surface area (Å²) >= 11 is 0. The largest absolute Gasteiger partial charge is 0.492 e. The molecule has 1 aliphatic heterocycles. The van der Waals surface area contributed by atoms with Gasteiger partial charge < -0.3 is 4.74 Å². The highest BCUT2D eigenvalue weighted by molar-refractivity contribution is 5.36. The van der Waals surface area contributed by atoms with Gasteiger partial charge in [0, 0.05) is 19.6 Å². The molecule has 0 unspecified atom stereocenters. The van der Waals surface area contributed by atoms with E-state index in [4.69, 9.17) is 4.74 Å². The molecule has 23 heavy (non-hydrogen) atoms. The van der Waals surface area contributed by atoms with Crippen molar-refractivity contribution in [2.24, 2.45) is 0 Å². The van der Waals surface area contributed by atoms with Gasteiger partial charge in [0.15, 0.2) is 0 Å². The van der Waals surface area contributed by atoms with Crippen molar-refractivity contribution >= 4 is 0 Å². The van der Waals surface area contributed by atoms with Crippen molar-refractivity contribution in [3.8, 4) is 5.75 Å². The first-order valence-electron chi connectivity index (χ1n) is 8.55. The molecule has 2 aromatic rings. The van der Waals surface area contributed by atoms with Crippen LogP contribution in [-0.2, 0) is 18.4 Å². The average Bonchev–Trinajstić information content (AvgIpc) is 2.54. The molecule has 0 bridgehead atoms. The zero-order valence-electron chi connectivity index (χ0n) is 14.5. The van der Waals surface area contributed by atoms with Gasteiger partial charge in [-0.3, -0.25) is 4.90 Å². The third-order valence-corrected chi connectivity index (χ3v) is 4.58. The zero-order chi connectivity index (χ0) is 16.3. The minimum absolute atomic E-state index is 0.216. The van der Waals surface area contributed by atoms with E-state index in [1.54, 1.807) is 0 Å². The third kappa shape index (κ3) is 4.14. The van der Waals surface area contributed by atoms with Crippen molar-refractivity contribution in [3.63, 3.8) is 0 Å². The highest BCUT2D eigenvalue weighted by atomic mass is 16.5. The van der Waals surface area contributed by atoms with Gasteiger partial charge in [-0.15, -0.1) is 0 Å². The molecule has 0 radical (unpaired) electrons. The van der Waals surface area contributed by atoms with E-state index in [2.05, 4.69) is 43.9 Å². The Morgan fingerprint density at radius 2 is 1.78 bits per heavy atom. The fourth-order valence-corrected chi connectivity index (χ4v) is 3.08. The molecule has 0 fully saturated rings. The number of hydrogen-bond donors (Lipinski definition) is 0. The molecule has 0 saturated carbocycles. The number of ether oxygens (including phenoxy) is 1. The lowest BCUT2D eigenvalue weighted by Gasteiger charge is -2.30. The summed E-state index contributed by atoms with van der Waals surface area (Å²) in [5.41, 5.74) is 4.65. The van der Waals surface area contributed by atoms with Crippen molar-refractivity contribution in [1.29, 1.82) is 0 Å². The number of nitrogens with zero attached hydrogens (tertiary/aromatic N) is 1. The van der Waals surface area contributed by atoms with Gasteiger partial charge >= 0.3 is 0 Å². The molecule has 0 saturated heterocycles. The molecule has 0 atom stereocenters. The molecule has 0 N–H and O–H groups in total. The summed E-state index contributed by atoms with van der Waals surface area (Å²) in [6.07, 6.45) is 1.14. The summed E-state index contributed by atoms with van der Waals surface area (Å²) in [5, 5.41) is 0. The maximum absolute atomic E-state index is 5.83. The molecule has 0 aromatic heterocycles. The van der Waals surface area contributed by atoms with E-state index < -0.39 is 0 Å². The third-order valence-electron chi connectivity index (χ3n) is 4.58. The Balaban J connectivity index is 1.59. The molecule has 1 heterocycles. The fraction of sp³-hybridized carbons (Fsp3) is 0.429. The van der Waals surface area contributed by atoms with Crippen LogP contribution < -0.4 is 4.74 Å². The molecule has 0 amide bonds. The number of benzene rings is 2. The van der Waals surface area contributed by atoms with E-state index >= 15 is 0 Å². The number of rotatable bonds is 4. The van der Waals surface area contributed by atoms with Crippen LogP contribution in [0.25, 0.3) is 0 Å². The first-order valence-corrected chi connectivity index (χ1v) is 8.55. The van der Waals surface area contributed by atoms with E-state index in [9.17, 15) is 0 Å². The highest BCUT2D eigenvalue weighted by Crippen LogP contribution is 2.27. The van der Waals surface area contributed by atoms with Crippen LogP contribution in [0, 0.1) is 0 Å². The Hall–Kier alpha value is -1.80. The average molecular weight is 309 g/mol. The number of para-hydroxylation sites is 1. The monoisotopic (exact) mass is 309 g/mol. The Kier molecular flexibility index (Phi) is 4.72. The molecule has 2 nitrogen and oxygen atoms in total. The van der Waals surface area contributed by atoms with Crippen LogP contribution in [0.4, 0.5) is 0 Å². The van der Waals surface area contributed by atoms with Crippen molar-refractivity contribution in [2.75, 3.05) is 19.7 Å². The summed E-state index contributed by atoms with van der Waals surface area (Å²) in [4.78, 5) is 2.50. The van der Waals surface area contributed by atoms with Gasteiger partial charge in [-0.05, 0) is 40.7 Å². The van der Waals surface area contributed by atoms with Crippen LogP contribution in [0.15, 0.2) is 48.5 Å². The molecular formula is C21H27NO. The number of hydrogen-bond acceptors (Lipinski definition) is 2. The molecule has 122 valence electrons. The molecule has 2 aromatic carbocycles. The molecular weight excluding hydrogens is 282 g/mol. The normalized spacial score (nSPS) is 15.3. The van der Waals surface area contributed by atoms with E-state index in [1.807, 2.05) is 30.3 Å². The fourth-order valence-electron chi connectivity index (χ4n) is 3.08. The summed E-state index contributed by atoms with van der Waals surface area (Å²) in [6, 6.07) is 17.1.